The van der Waals surface area contributed by atoms with Crippen LogP contribution in [0.1, 0.15) is 32.1 Å². The topological polar surface area (TPSA) is 102 Å². The number of anilines is 2. The second-order valence-electron chi connectivity index (χ2n) is 9.70. The molecule has 0 radical (unpaired) electrons. The van der Waals surface area contributed by atoms with Gasteiger partial charge in [0.2, 0.25) is 5.91 Å². The lowest BCUT2D eigenvalue weighted by Crippen LogP contribution is -2.52. The lowest BCUT2D eigenvalue weighted by atomic mass is 9.81. The second kappa shape index (κ2) is 8.07. The van der Waals surface area contributed by atoms with Gasteiger partial charge in [-0.1, -0.05) is 6.42 Å². The van der Waals surface area contributed by atoms with Gasteiger partial charge >= 0.3 is 6.09 Å². The summed E-state index contributed by atoms with van der Waals surface area (Å²) in [6, 6.07) is 4.77. The number of carbonyl (C=O) groups is 2. The SMILES string of the molecule is O=C(NC[C@H]1CN(c2ccc(N3CCC4(CC3)CS(O)(O)C4)c(F)c2)C(=O)O1)C1CCC1. The molecule has 4 fully saturated rings. The van der Waals surface area contributed by atoms with Gasteiger partial charge < -0.3 is 15.0 Å². The smallest absolute Gasteiger partial charge is 0.414 e. The zero-order chi connectivity index (χ0) is 22.5. The quantitative estimate of drug-likeness (QED) is 0.613. The van der Waals surface area contributed by atoms with Gasteiger partial charge in [0.1, 0.15) is 11.9 Å². The summed E-state index contributed by atoms with van der Waals surface area (Å²) in [4.78, 5) is 27.7. The van der Waals surface area contributed by atoms with Gasteiger partial charge in [-0.15, -0.1) is 0 Å². The minimum absolute atomic E-state index is 0.00583. The molecule has 1 aliphatic carbocycles. The van der Waals surface area contributed by atoms with E-state index < -0.39 is 28.6 Å². The van der Waals surface area contributed by atoms with E-state index in [2.05, 4.69) is 5.32 Å². The largest absolute Gasteiger partial charge is 0.442 e. The van der Waals surface area contributed by atoms with Crippen LogP contribution in [-0.4, -0.2) is 64.9 Å². The Labute approximate surface area is 188 Å². The summed E-state index contributed by atoms with van der Waals surface area (Å²) >= 11 is 0. The molecule has 1 saturated carbocycles. The molecule has 3 N–H and O–H groups in total. The minimum atomic E-state index is -2.38. The molecule has 4 aliphatic rings. The van der Waals surface area contributed by atoms with E-state index in [0.29, 0.717) is 36.0 Å². The maximum absolute atomic E-state index is 15.0. The van der Waals surface area contributed by atoms with Gasteiger partial charge in [0.25, 0.3) is 0 Å². The third-order valence-corrected chi connectivity index (χ3v) is 9.49. The molecule has 10 heteroatoms. The maximum Gasteiger partial charge on any atom is 0.414 e. The van der Waals surface area contributed by atoms with Gasteiger partial charge in [0, 0.05) is 35.9 Å². The summed E-state index contributed by atoms with van der Waals surface area (Å²) in [6.45, 7) is 1.86. The highest BCUT2D eigenvalue weighted by Gasteiger charge is 2.49. The Bertz CT molecular complexity index is 907. The van der Waals surface area contributed by atoms with Crippen molar-refractivity contribution in [2.24, 2.45) is 11.3 Å². The molecule has 1 aromatic rings. The number of rotatable bonds is 5. The number of hydrogen-bond acceptors (Lipinski definition) is 6. The van der Waals surface area contributed by atoms with Crippen LogP contribution in [0, 0.1) is 17.2 Å². The Balaban J connectivity index is 1.17. The van der Waals surface area contributed by atoms with E-state index in [1.807, 2.05) is 4.90 Å². The van der Waals surface area contributed by atoms with Gasteiger partial charge in [-0.05, 0) is 43.9 Å². The number of hydrogen-bond donors (Lipinski definition) is 3. The first-order valence-corrected chi connectivity index (χ1v) is 13.2. The van der Waals surface area contributed by atoms with E-state index in [-0.39, 0.29) is 30.3 Å². The Morgan fingerprint density at radius 1 is 1.25 bits per heavy atom. The third-order valence-electron chi connectivity index (χ3n) is 7.34. The van der Waals surface area contributed by atoms with Crippen molar-refractivity contribution in [3.05, 3.63) is 24.0 Å². The number of nitrogens with one attached hydrogen (secondary N) is 1. The summed E-state index contributed by atoms with van der Waals surface area (Å²) in [5.41, 5.74) is 0.922. The highest BCUT2D eigenvalue weighted by molar-refractivity contribution is 8.25. The molecule has 5 rings (SSSR count). The Kier molecular flexibility index (Phi) is 5.50. The summed E-state index contributed by atoms with van der Waals surface area (Å²) in [6.07, 6.45) is 3.55. The molecular formula is C22H30FN3O5S. The molecule has 3 saturated heterocycles. The normalized spacial score (nSPS) is 27.5. The molecule has 8 nitrogen and oxygen atoms in total. The Morgan fingerprint density at radius 3 is 2.56 bits per heavy atom. The third kappa shape index (κ3) is 4.15. The second-order valence-corrected chi connectivity index (χ2v) is 11.9. The number of benzene rings is 1. The highest BCUT2D eigenvalue weighted by atomic mass is 32.3. The van der Waals surface area contributed by atoms with Crippen molar-refractivity contribution in [1.82, 2.24) is 5.32 Å². The first-order valence-electron chi connectivity index (χ1n) is 11.3. The van der Waals surface area contributed by atoms with Crippen LogP contribution in [0.25, 0.3) is 0 Å². The van der Waals surface area contributed by atoms with Crippen LogP contribution < -0.4 is 15.1 Å². The molecule has 1 aromatic carbocycles. The number of amides is 2. The average Bonchev–Trinajstić information content (AvgIpc) is 3.05. The fourth-order valence-electron chi connectivity index (χ4n) is 5.24. The van der Waals surface area contributed by atoms with E-state index in [1.165, 1.54) is 11.0 Å². The monoisotopic (exact) mass is 467 g/mol. The van der Waals surface area contributed by atoms with Crippen molar-refractivity contribution in [3.8, 4) is 0 Å². The van der Waals surface area contributed by atoms with Crippen LogP contribution in [0.2, 0.25) is 0 Å². The van der Waals surface area contributed by atoms with E-state index in [4.69, 9.17) is 4.74 Å². The molecule has 176 valence electrons. The van der Waals surface area contributed by atoms with Crippen molar-refractivity contribution >= 4 is 34.0 Å². The van der Waals surface area contributed by atoms with Crippen molar-refractivity contribution < 1.29 is 27.8 Å². The van der Waals surface area contributed by atoms with Crippen LogP contribution >= 0.6 is 10.6 Å². The van der Waals surface area contributed by atoms with E-state index in [1.54, 1.807) is 12.1 Å². The van der Waals surface area contributed by atoms with Crippen molar-refractivity contribution in [1.29, 1.82) is 0 Å². The van der Waals surface area contributed by atoms with E-state index >= 15 is 0 Å². The van der Waals surface area contributed by atoms with Gasteiger partial charge in [-0.25, -0.2) is 9.18 Å². The van der Waals surface area contributed by atoms with Gasteiger partial charge in [-0.3, -0.25) is 18.8 Å². The number of cyclic esters (lactones) is 1. The zero-order valence-electron chi connectivity index (χ0n) is 18.0. The van der Waals surface area contributed by atoms with Gasteiger partial charge in [0.05, 0.1) is 24.5 Å². The summed E-state index contributed by atoms with van der Waals surface area (Å²) in [5.74, 6) is 0.626. The molecule has 0 bridgehead atoms. The number of carbonyl (C=O) groups excluding carboxylic acids is 2. The fraction of sp³-hybridized carbons (Fsp3) is 0.636. The van der Waals surface area contributed by atoms with Crippen LogP contribution in [-0.2, 0) is 9.53 Å². The van der Waals surface area contributed by atoms with E-state index in [0.717, 1.165) is 32.1 Å². The molecule has 3 heterocycles. The van der Waals surface area contributed by atoms with Crippen molar-refractivity contribution in [2.75, 3.05) is 47.5 Å². The minimum Gasteiger partial charge on any atom is -0.442 e. The Morgan fingerprint density at radius 2 is 1.97 bits per heavy atom. The lowest BCUT2D eigenvalue weighted by molar-refractivity contribution is -0.127. The van der Waals surface area contributed by atoms with Crippen LogP contribution in [0.15, 0.2) is 18.2 Å². The van der Waals surface area contributed by atoms with Crippen molar-refractivity contribution in [2.45, 2.75) is 38.2 Å². The number of nitrogens with zero attached hydrogens (tertiary/aromatic N) is 2. The molecular weight excluding hydrogens is 437 g/mol. The summed E-state index contributed by atoms with van der Waals surface area (Å²) < 4.78 is 39.8. The molecule has 1 atom stereocenters. The molecule has 2 amide bonds. The summed E-state index contributed by atoms with van der Waals surface area (Å²) in [7, 11) is -2.38. The fourth-order valence-corrected chi connectivity index (χ4v) is 7.69. The standard InChI is InChI=1S/C22H30FN3O5S/c23-18-10-16(26-12-17(31-21(26)28)11-24-20(27)15-2-1-3-15)4-5-19(18)25-8-6-22(7-9-25)13-32(29,30)14-22/h4-5,10,15,17,29-30H,1-3,6-9,11-14H2,(H,24,27)/t17-/m0/s1. The van der Waals surface area contributed by atoms with Crippen molar-refractivity contribution in [3.63, 3.8) is 0 Å². The summed E-state index contributed by atoms with van der Waals surface area (Å²) in [5, 5.41) is 2.85. The maximum atomic E-state index is 15.0. The molecule has 1 spiro atoms. The number of ether oxygens (including phenoxy) is 1. The first kappa shape index (κ1) is 21.8. The highest BCUT2D eigenvalue weighted by Crippen LogP contribution is 2.62. The first-order chi connectivity index (χ1) is 15.2. The molecule has 0 aromatic heterocycles. The van der Waals surface area contributed by atoms with Gasteiger partial charge in [-0.2, -0.15) is 10.6 Å². The lowest BCUT2D eigenvalue weighted by Gasteiger charge is -2.58. The van der Waals surface area contributed by atoms with Gasteiger partial charge in [0.15, 0.2) is 0 Å². The zero-order valence-corrected chi connectivity index (χ0v) is 18.8. The molecule has 0 unspecified atom stereocenters. The number of halogens is 1. The average molecular weight is 468 g/mol. The van der Waals surface area contributed by atoms with Crippen LogP contribution in [0.4, 0.5) is 20.6 Å². The molecule has 32 heavy (non-hydrogen) atoms. The predicted octanol–water partition coefficient (Wildman–Crippen LogP) is 3.42. The molecule has 3 aliphatic heterocycles. The number of piperidine rings is 1. The van der Waals surface area contributed by atoms with Crippen LogP contribution in [0.3, 0.4) is 0 Å². The van der Waals surface area contributed by atoms with E-state index in [9.17, 15) is 23.1 Å². The Hall–Kier alpha value is -2.04. The van der Waals surface area contributed by atoms with Crippen LogP contribution in [0.5, 0.6) is 0 Å². The predicted molar refractivity (Wildman–Crippen MR) is 121 cm³/mol.